The second-order valence-corrected chi connectivity index (χ2v) is 7.04. The second kappa shape index (κ2) is 8.13. The lowest BCUT2D eigenvalue weighted by atomic mass is 10.2. The molecule has 0 aliphatic heterocycles. The van der Waals surface area contributed by atoms with Crippen LogP contribution >= 0.6 is 0 Å². The van der Waals surface area contributed by atoms with Crippen LogP contribution in [0.1, 0.15) is 12.0 Å². The van der Waals surface area contributed by atoms with Crippen molar-refractivity contribution in [1.29, 1.82) is 0 Å². The number of ether oxygens (including phenoxy) is 1. The number of aryl methyl sites for hydroxylation is 1. The highest BCUT2D eigenvalue weighted by atomic mass is 32.2. The summed E-state index contributed by atoms with van der Waals surface area (Å²) in [6, 6.07) is 6.02. The van der Waals surface area contributed by atoms with Gasteiger partial charge in [0.15, 0.2) is 16.4 Å². The Morgan fingerprint density at radius 3 is 2.29 bits per heavy atom. The van der Waals surface area contributed by atoms with Gasteiger partial charge in [-0.2, -0.15) is 13.2 Å². The van der Waals surface area contributed by atoms with Crippen LogP contribution in [0.4, 0.5) is 13.2 Å². The molecule has 1 aromatic carbocycles. The Morgan fingerprint density at radius 1 is 1.17 bits per heavy atom. The second-order valence-electron chi connectivity index (χ2n) is 4.93. The lowest BCUT2D eigenvalue weighted by molar-refractivity contribution is -0.151. The maximum absolute atomic E-state index is 12.0. The predicted molar refractivity (Wildman–Crippen MR) is 77.9 cm³/mol. The summed E-state index contributed by atoms with van der Waals surface area (Å²) in [5, 5.41) is 1.52. The van der Waals surface area contributed by atoms with Crippen LogP contribution in [0.5, 0.6) is 0 Å². The van der Waals surface area contributed by atoms with Gasteiger partial charge in [-0.15, -0.1) is 0 Å². The van der Waals surface area contributed by atoms with Crippen LogP contribution < -0.4 is 5.32 Å². The smallest absolute Gasteiger partial charge is 0.405 e. The van der Waals surface area contributed by atoms with E-state index in [0.717, 1.165) is 5.56 Å². The molecule has 6 nitrogen and oxygen atoms in total. The first-order chi connectivity index (χ1) is 11.0. The summed E-state index contributed by atoms with van der Waals surface area (Å²) in [7, 11) is -3.69. The van der Waals surface area contributed by atoms with Crippen molar-refractivity contribution in [2.24, 2.45) is 0 Å². The molecule has 0 fully saturated rings. The molecule has 0 heterocycles. The fourth-order valence-electron chi connectivity index (χ4n) is 1.55. The van der Waals surface area contributed by atoms with Crippen molar-refractivity contribution in [3.8, 4) is 0 Å². The molecule has 0 bridgehead atoms. The average Bonchev–Trinajstić information content (AvgIpc) is 2.48. The zero-order valence-corrected chi connectivity index (χ0v) is 13.5. The van der Waals surface area contributed by atoms with Gasteiger partial charge in [-0.05, 0) is 19.1 Å². The summed E-state index contributed by atoms with van der Waals surface area (Å²) >= 11 is 0. The molecule has 0 spiro atoms. The number of carbonyl (C=O) groups excluding carboxylic acids is 2. The Morgan fingerprint density at radius 2 is 1.75 bits per heavy atom. The van der Waals surface area contributed by atoms with Gasteiger partial charge >= 0.3 is 12.1 Å². The molecule has 0 aliphatic carbocycles. The van der Waals surface area contributed by atoms with Crippen LogP contribution in [0, 0.1) is 6.92 Å². The SMILES string of the molecule is Cc1ccc(S(=O)(=O)CCC(=O)OCC(=O)NCC(F)(F)F)cc1. The molecule has 1 N–H and O–H groups in total. The van der Waals surface area contributed by atoms with Crippen LogP contribution in [0.25, 0.3) is 0 Å². The zero-order chi connectivity index (χ0) is 18.4. The molecule has 10 heteroatoms. The molecule has 0 aliphatic rings. The molecule has 134 valence electrons. The summed E-state index contributed by atoms with van der Waals surface area (Å²) in [6.07, 6.45) is -5.08. The number of amides is 1. The van der Waals surface area contributed by atoms with Crippen molar-refractivity contribution in [3.05, 3.63) is 29.8 Å². The van der Waals surface area contributed by atoms with Crippen molar-refractivity contribution < 1.29 is 35.9 Å². The number of hydrogen-bond donors (Lipinski definition) is 1. The Balaban J connectivity index is 2.40. The monoisotopic (exact) mass is 367 g/mol. The predicted octanol–water partition coefficient (Wildman–Crippen LogP) is 1.38. The van der Waals surface area contributed by atoms with E-state index in [2.05, 4.69) is 4.74 Å². The van der Waals surface area contributed by atoms with Crippen LogP contribution in [-0.2, 0) is 24.2 Å². The van der Waals surface area contributed by atoms with E-state index in [1.54, 1.807) is 19.1 Å². The van der Waals surface area contributed by atoms with Crippen LogP contribution in [-0.4, -0.2) is 45.4 Å². The van der Waals surface area contributed by atoms with E-state index >= 15 is 0 Å². The number of nitrogens with one attached hydrogen (secondary N) is 1. The first-order valence-corrected chi connectivity index (χ1v) is 8.43. The molecule has 0 radical (unpaired) electrons. The summed E-state index contributed by atoms with van der Waals surface area (Å²) < 4.78 is 64.0. The zero-order valence-electron chi connectivity index (χ0n) is 12.7. The normalized spacial score (nSPS) is 11.8. The van der Waals surface area contributed by atoms with Crippen molar-refractivity contribution in [2.75, 3.05) is 18.9 Å². The Hall–Kier alpha value is -2.10. The number of halogens is 3. The number of hydrogen-bond acceptors (Lipinski definition) is 5. The summed E-state index contributed by atoms with van der Waals surface area (Å²) in [6.45, 7) is -0.651. The fraction of sp³-hybridized carbons (Fsp3) is 0.429. The minimum Gasteiger partial charge on any atom is -0.456 e. The maximum atomic E-state index is 12.0. The highest BCUT2D eigenvalue weighted by molar-refractivity contribution is 7.91. The lowest BCUT2D eigenvalue weighted by Crippen LogP contribution is -2.36. The number of benzene rings is 1. The molecule has 1 rings (SSSR count). The molecule has 0 atom stereocenters. The van der Waals surface area contributed by atoms with Gasteiger partial charge in [0.25, 0.3) is 5.91 Å². The Bertz CT molecular complexity index is 683. The standard InChI is InChI=1S/C14H16F3NO5S/c1-10-2-4-11(5-3-10)24(21,22)7-6-13(20)23-8-12(19)18-9-14(15,16)17/h2-5H,6-9H2,1H3,(H,18,19). The van der Waals surface area contributed by atoms with E-state index in [4.69, 9.17) is 0 Å². The average molecular weight is 367 g/mol. The van der Waals surface area contributed by atoms with Gasteiger partial charge < -0.3 is 10.1 Å². The van der Waals surface area contributed by atoms with E-state index in [9.17, 15) is 31.2 Å². The highest BCUT2D eigenvalue weighted by Gasteiger charge is 2.27. The molecule has 24 heavy (non-hydrogen) atoms. The van der Waals surface area contributed by atoms with Gasteiger partial charge in [0.2, 0.25) is 0 Å². The quantitative estimate of drug-likeness (QED) is 0.736. The van der Waals surface area contributed by atoms with Gasteiger partial charge in [-0.3, -0.25) is 9.59 Å². The Kier molecular flexibility index (Phi) is 6.76. The molecule has 1 aromatic rings. The van der Waals surface area contributed by atoms with Crippen molar-refractivity contribution >= 4 is 21.7 Å². The van der Waals surface area contributed by atoms with E-state index in [1.165, 1.54) is 17.4 Å². The first kappa shape index (κ1) is 19.9. The Labute approximate surface area is 136 Å². The minimum absolute atomic E-state index is 0.0452. The summed E-state index contributed by atoms with van der Waals surface area (Å²) in [4.78, 5) is 22.5. The summed E-state index contributed by atoms with van der Waals surface area (Å²) in [5.41, 5.74) is 0.873. The minimum atomic E-state index is -4.57. The van der Waals surface area contributed by atoms with Crippen molar-refractivity contribution in [2.45, 2.75) is 24.4 Å². The third-order valence-corrected chi connectivity index (χ3v) is 4.54. The van der Waals surface area contributed by atoms with Gasteiger partial charge in [-0.25, -0.2) is 8.42 Å². The van der Waals surface area contributed by atoms with Crippen LogP contribution in [0.3, 0.4) is 0 Å². The van der Waals surface area contributed by atoms with E-state index in [0.29, 0.717) is 0 Å². The number of sulfone groups is 1. The molecule has 0 aromatic heterocycles. The maximum Gasteiger partial charge on any atom is 0.405 e. The summed E-state index contributed by atoms with van der Waals surface area (Å²) in [5.74, 6) is -2.64. The highest BCUT2D eigenvalue weighted by Crippen LogP contribution is 2.13. The topological polar surface area (TPSA) is 89.5 Å². The van der Waals surface area contributed by atoms with Gasteiger partial charge in [0.05, 0.1) is 17.1 Å². The first-order valence-electron chi connectivity index (χ1n) is 6.78. The number of carbonyl (C=O) groups is 2. The molecule has 1 amide bonds. The van der Waals surface area contributed by atoms with E-state index in [-0.39, 0.29) is 4.90 Å². The number of alkyl halides is 3. The van der Waals surface area contributed by atoms with E-state index in [1.807, 2.05) is 0 Å². The van der Waals surface area contributed by atoms with Gasteiger partial charge in [0.1, 0.15) is 6.54 Å². The van der Waals surface area contributed by atoms with Crippen LogP contribution in [0.15, 0.2) is 29.2 Å². The number of rotatable bonds is 7. The van der Waals surface area contributed by atoms with Crippen LogP contribution in [0.2, 0.25) is 0 Å². The lowest BCUT2D eigenvalue weighted by Gasteiger charge is -2.09. The number of esters is 1. The molecule has 0 unspecified atom stereocenters. The third kappa shape index (κ3) is 7.44. The molecule has 0 saturated carbocycles. The van der Waals surface area contributed by atoms with Gasteiger partial charge in [0, 0.05) is 0 Å². The largest absolute Gasteiger partial charge is 0.456 e. The van der Waals surface area contributed by atoms with Crippen molar-refractivity contribution in [1.82, 2.24) is 5.32 Å². The van der Waals surface area contributed by atoms with E-state index < -0.39 is 53.2 Å². The molecule has 0 saturated heterocycles. The molecular formula is C14H16F3NO5S. The van der Waals surface area contributed by atoms with Crippen molar-refractivity contribution in [3.63, 3.8) is 0 Å². The third-order valence-electron chi connectivity index (χ3n) is 2.81. The molecular weight excluding hydrogens is 351 g/mol. The van der Waals surface area contributed by atoms with Gasteiger partial charge in [-0.1, -0.05) is 17.7 Å². The fourth-order valence-corrected chi connectivity index (χ4v) is 2.77.